The lowest BCUT2D eigenvalue weighted by atomic mass is 9.88. The minimum atomic E-state index is -2.82. The van der Waals surface area contributed by atoms with Gasteiger partial charge in [-0.15, -0.1) is 0 Å². The number of imidazole rings is 1. The molecule has 5 rings (SSSR count). The van der Waals surface area contributed by atoms with E-state index in [-0.39, 0.29) is 11.8 Å². The van der Waals surface area contributed by atoms with E-state index >= 15 is 0 Å². The van der Waals surface area contributed by atoms with Crippen LogP contribution >= 0.6 is 0 Å². The Hall–Kier alpha value is -3.51. The number of halogens is 2. The van der Waals surface area contributed by atoms with Crippen molar-refractivity contribution in [3.05, 3.63) is 96.2 Å². The van der Waals surface area contributed by atoms with E-state index in [9.17, 15) is 8.78 Å². The Labute approximate surface area is 249 Å². The molecule has 4 aromatic rings. The Bertz CT molecular complexity index is 1370. The number of rotatable bonds is 13. The molecule has 0 unspecified atom stereocenters. The lowest BCUT2D eigenvalue weighted by Crippen LogP contribution is -2.34. The topological polar surface area (TPSA) is 30.3 Å². The van der Waals surface area contributed by atoms with Gasteiger partial charge in [0.25, 0.3) is 0 Å². The highest BCUT2D eigenvalue weighted by Crippen LogP contribution is 2.38. The molecule has 1 aliphatic carbocycles. The van der Waals surface area contributed by atoms with E-state index in [4.69, 9.17) is 4.98 Å². The standard InChI is InChI=1S/C36H43F2N3O/c1-3-4-24-41-34(33(30-16-10-6-11-17-30)39-35(41)31-18-12-7-13-19-31)27(2)40(25-28-14-8-5-9-15-28)26-29-20-22-32(23-21-29)42-36(37)38/h6-7,10-13,16-23,27-28,36H,3-5,8-9,14-15,24-26H2,1-2H3/t27-/m1/s1. The molecule has 1 aliphatic rings. The highest BCUT2D eigenvalue weighted by atomic mass is 19.3. The van der Waals surface area contributed by atoms with Crippen LogP contribution in [0.2, 0.25) is 0 Å². The van der Waals surface area contributed by atoms with Gasteiger partial charge in [0, 0.05) is 36.8 Å². The summed E-state index contributed by atoms with van der Waals surface area (Å²) in [5.74, 6) is 1.84. The largest absolute Gasteiger partial charge is 0.435 e. The van der Waals surface area contributed by atoms with Crippen molar-refractivity contribution in [3.8, 4) is 28.4 Å². The van der Waals surface area contributed by atoms with E-state index in [1.807, 2.05) is 18.2 Å². The first kappa shape index (κ1) is 30.0. The van der Waals surface area contributed by atoms with E-state index in [1.165, 1.54) is 37.8 Å². The van der Waals surface area contributed by atoms with Gasteiger partial charge >= 0.3 is 6.61 Å². The first-order valence-electron chi connectivity index (χ1n) is 15.5. The summed E-state index contributed by atoms with van der Waals surface area (Å²) in [6.07, 6.45) is 8.56. The quantitative estimate of drug-likeness (QED) is 0.160. The molecule has 42 heavy (non-hydrogen) atoms. The summed E-state index contributed by atoms with van der Waals surface area (Å²) in [6.45, 7) is 4.34. The van der Waals surface area contributed by atoms with Crippen LogP contribution < -0.4 is 4.74 Å². The molecule has 0 amide bonds. The molecule has 1 aromatic heterocycles. The summed E-state index contributed by atoms with van der Waals surface area (Å²) in [7, 11) is 0. The highest BCUT2D eigenvalue weighted by molar-refractivity contribution is 5.69. The number of aromatic nitrogens is 2. The number of nitrogens with zero attached hydrogens (tertiary/aromatic N) is 3. The number of unbranched alkanes of at least 4 members (excludes halogenated alkanes) is 1. The Morgan fingerprint density at radius 3 is 2.14 bits per heavy atom. The van der Waals surface area contributed by atoms with Gasteiger partial charge in [0.15, 0.2) is 0 Å². The Morgan fingerprint density at radius 2 is 1.52 bits per heavy atom. The summed E-state index contributed by atoms with van der Waals surface area (Å²) in [5, 5.41) is 0. The molecule has 4 nitrogen and oxygen atoms in total. The number of ether oxygens (including phenoxy) is 1. The van der Waals surface area contributed by atoms with E-state index in [1.54, 1.807) is 12.1 Å². The van der Waals surface area contributed by atoms with E-state index in [2.05, 4.69) is 82.6 Å². The predicted molar refractivity (Wildman–Crippen MR) is 166 cm³/mol. The molecule has 0 aliphatic heterocycles. The second kappa shape index (κ2) is 14.6. The first-order chi connectivity index (χ1) is 20.5. The fourth-order valence-corrected chi connectivity index (χ4v) is 6.29. The van der Waals surface area contributed by atoms with E-state index in [0.717, 1.165) is 60.7 Å². The minimum absolute atomic E-state index is 0.0842. The molecule has 0 N–H and O–H groups in total. The van der Waals surface area contributed by atoms with Crippen LogP contribution in [0.15, 0.2) is 84.9 Å². The van der Waals surface area contributed by atoms with Crippen molar-refractivity contribution >= 4 is 0 Å². The number of alkyl halides is 2. The summed E-state index contributed by atoms with van der Waals surface area (Å²) in [4.78, 5) is 7.93. The molecule has 1 saturated carbocycles. The summed E-state index contributed by atoms with van der Waals surface area (Å²) >= 11 is 0. The minimum Gasteiger partial charge on any atom is -0.435 e. The Kier molecular flexibility index (Phi) is 10.4. The zero-order valence-corrected chi connectivity index (χ0v) is 24.9. The van der Waals surface area contributed by atoms with Gasteiger partial charge in [0.2, 0.25) is 0 Å². The van der Waals surface area contributed by atoms with Crippen molar-refractivity contribution < 1.29 is 13.5 Å². The van der Waals surface area contributed by atoms with Gasteiger partial charge in [-0.2, -0.15) is 8.78 Å². The molecule has 0 bridgehead atoms. The van der Waals surface area contributed by atoms with Gasteiger partial charge in [0.05, 0.1) is 11.4 Å². The van der Waals surface area contributed by atoms with Crippen LogP contribution in [0, 0.1) is 5.92 Å². The number of hydrogen-bond acceptors (Lipinski definition) is 3. The van der Waals surface area contributed by atoms with Crippen molar-refractivity contribution in [1.82, 2.24) is 14.5 Å². The van der Waals surface area contributed by atoms with Gasteiger partial charge in [-0.1, -0.05) is 105 Å². The van der Waals surface area contributed by atoms with Crippen LogP contribution in [0.25, 0.3) is 22.6 Å². The lowest BCUT2D eigenvalue weighted by Gasteiger charge is -2.35. The average molecular weight is 572 g/mol. The third-order valence-electron chi connectivity index (χ3n) is 8.52. The third-order valence-corrected chi connectivity index (χ3v) is 8.52. The molecule has 3 aromatic carbocycles. The monoisotopic (exact) mass is 571 g/mol. The van der Waals surface area contributed by atoms with Crippen molar-refractivity contribution in [2.75, 3.05) is 6.54 Å². The molecule has 1 fully saturated rings. The second-order valence-electron chi connectivity index (χ2n) is 11.5. The molecule has 0 radical (unpaired) electrons. The van der Waals surface area contributed by atoms with Crippen LogP contribution in [-0.2, 0) is 13.1 Å². The van der Waals surface area contributed by atoms with Gasteiger partial charge in [-0.3, -0.25) is 4.90 Å². The van der Waals surface area contributed by atoms with Crippen molar-refractivity contribution in [2.24, 2.45) is 5.92 Å². The first-order valence-corrected chi connectivity index (χ1v) is 15.5. The summed E-state index contributed by atoms with van der Waals surface area (Å²) < 4.78 is 32.6. The van der Waals surface area contributed by atoms with Crippen LogP contribution in [0.5, 0.6) is 5.75 Å². The van der Waals surface area contributed by atoms with E-state index < -0.39 is 6.61 Å². The van der Waals surface area contributed by atoms with Crippen molar-refractivity contribution in [1.29, 1.82) is 0 Å². The molecule has 1 atom stereocenters. The highest BCUT2D eigenvalue weighted by Gasteiger charge is 2.29. The van der Waals surface area contributed by atoms with Crippen molar-refractivity contribution in [3.63, 3.8) is 0 Å². The maximum atomic E-state index is 12.8. The summed E-state index contributed by atoms with van der Waals surface area (Å²) in [5.41, 5.74) is 5.60. The molecule has 1 heterocycles. The number of benzene rings is 3. The van der Waals surface area contributed by atoms with Crippen LogP contribution in [0.1, 0.15) is 76.1 Å². The molecule has 0 spiro atoms. The second-order valence-corrected chi connectivity index (χ2v) is 11.5. The maximum absolute atomic E-state index is 12.8. The third kappa shape index (κ3) is 7.46. The summed E-state index contributed by atoms with van der Waals surface area (Å²) in [6, 6.07) is 28.3. The van der Waals surface area contributed by atoms with Gasteiger partial charge in [-0.05, 0) is 49.8 Å². The maximum Gasteiger partial charge on any atom is 0.387 e. The number of hydrogen-bond donors (Lipinski definition) is 0. The normalized spacial score (nSPS) is 14.9. The lowest BCUT2D eigenvalue weighted by molar-refractivity contribution is -0.0498. The van der Waals surface area contributed by atoms with Crippen LogP contribution in [0.3, 0.4) is 0 Å². The van der Waals surface area contributed by atoms with Gasteiger partial charge in [-0.25, -0.2) is 4.98 Å². The predicted octanol–water partition coefficient (Wildman–Crippen LogP) is 9.76. The molecular formula is C36H43F2N3O. The fourth-order valence-electron chi connectivity index (χ4n) is 6.29. The smallest absolute Gasteiger partial charge is 0.387 e. The zero-order chi connectivity index (χ0) is 29.3. The molecule has 222 valence electrons. The SMILES string of the molecule is CCCCn1c(-c2ccccc2)nc(-c2ccccc2)c1[C@@H](C)N(Cc1ccc(OC(F)F)cc1)CC1CCCCC1. The Balaban J connectivity index is 1.58. The average Bonchev–Trinajstić information content (AvgIpc) is 3.41. The fraction of sp³-hybridized carbons (Fsp3) is 0.417. The zero-order valence-electron chi connectivity index (χ0n) is 24.9. The van der Waals surface area contributed by atoms with Gasteiger partial charge in [0.1, 0.15) is 11.6 Å². The van der Waals surface area contributed by atoms with E-state index in [0.29, 0.717) is 5.92 Å². The van der Waals surface area contributed by atoms with Crippen molar-refractivity contribution in [2.45, 2.75) is 84.5 Å². The van der Waals surface area contributed by atoms with Crippen LogP contribution in [0.4, 0.5) is 8.78 Å². The molecular weight excluding hydrogens is 528 g/mol. The molecule has 6 heteroatoms. The van der Waals surface area contributed by atoms with Gasteiger partial charge < -0.3 is 9.30 Å². The Morgan fingerprint density at radius 1 is 0.881 bits per heavy atom. The molecule has 0 saturated heterocycles. The van der Waals surface area contributed by atoms with Crippen LogP contribution in [-0.4, -0.2) is 27.6 Å².